The topological polar surface area (TPSA) is 27.1 Å². The number of benzene rings is 1. The quantitative estimate of drug-likeness (QED) is 0.611. The van der Waals surface area contributed by atoms with E-state index in [1.54, 1.807) is 0 Å². The van der Waals surface area contributed by atoms with Crippen LogP contribution in [0, 0.1) is 11.3 Å². The van der Waals surface area contributed by atoms with Gasteiger partial charge in [0.15, 0.2) is 0 Å². The average Bonchev–Trinajstić information content (AvgIpc) is 2.38. The molecule has 92 valence electrons. The highest BCUT2D eigenvalue weighted by Gasteiger charge is 2.24. The molecule has 1 aromatic carbocycles. The van der Waals surface area contributed by atoms with Gasteiger partial charge >= 0.3 is 0 Å². The van der Waals surface area contributed by atoms with Gasteiger partial charge < -0.3 is 4.90 Å². The second-order valence-corrected chi connectivity index (χ2v) is 5.25. The van der Waals surface area contributed by atoms with E-state index in [9.17, 15) is 0 Å². The van der Waals surface area contributed by atoms with Crippen LogP contribution in [-0.4, -0.2) is 23.8 Å². The van der Waals surface area contributed by atoms with Crippen molar-refractivity contribution in [2.24, 2.45) is 5.92 Å². The molecule has 1 fully saturated rings. The molecule has 1 saturated carbocycles. The zero-order chi connectivity index (χ0) is 12.3. The minimum atomic E-state index is 0.548. The van der Waals surface area contributed by atoms with Crippen LogP contribution in [0.4, 0.5) is 0 Å². The number of amidine groups is 1. The van der Waals surface area contributed by atoms with E-state index in [2.05, 4.69) is 18.9 Å². The molecule has 0 bridgehead atoms. The van der Waals surface area contributed by atoms with E-state index < -0.39 is 0 Å². The van der Waals surface area contributed by atoms with Gasteiger partial charge in [-0.05, 0) is 18.8 Å². The molecule has 2 heteroatoms. The van der Waals surface area contributed by atoms with E-state index in [0.29, 0.717) is 11.9 Å². The summed E-state index contributed by atoms with van der Waals surface area (Å²) >= 11 is 0. The predicted octanol–water partition coefficient (Wildman–Crippen LogP) is 3.52. The lowest BCUT2D eigenvalue weighted by molar-refractivity contribution is 0.231. The standard InChI is InChI=1S/C15H22N2/c1-12-7-6-10-14(11-12)17(2)15(16)13-8-4-3-5-9-13/h3-5,8-9,12,14,16H,6-7,10-11H2,1-2H3. The average molecular weight is 230 g/mol. The molecule has 1 aromatic rings. The van der Waals surface area contributed by atoms with Gasteiger partial charge in [-0.15, -0.1) is 0 Å². The minimum absolute atomic E-state index is 0.548. The third kappa shape index (κ3) is 2.87. The molecular formula is C15H22N2. The van der Waals surface area contributed by atoms with E-state index in [0.717, 1.165) is 11.5 Å². The lowest BCUT2D eigenvalue weighted by atomic mass is 9.86. The van der Waals surface area contributed by atoms with Crippen molar-refractivity contribution in [1.82, 2.24) is 4.90 Å². The maximum Gasteiger partial charge on any atom is 0.128 e. The van der Waals surface area contributed by atoms with Crippen LogP contribution in [0.3, 0.4) is 0 Å². The van der Waals surface area contributed by atoms with E-state index in [1.807, 2.05) is 30.3 Å². The molecule has 0 aliphatic heterocycles. The van der Waals surface area contributed by atoms with Crippen LogP contribution in [0.2, 0.25) is 0 Å². The summed E-state index contributed by atoms with van der Waals surface area (Å²) in [5.74, 6) is 1.46. The fourth-order valence-electron chi connectivity index (χ4n) is 2.74. The summed E-state index contributed by atoms with van der Waals surface area (Å²) in [6.45, 7) is 2.33. The van der Waals surface area contributed by atoms with Gasteiger partial charge in [-0.3, -0.25) is 5.41 Å². The van der Waals surface area contributed by atoms with Crippen LogP contribution >= 0.6 is 0 Å². The van der Waals surface area contributed by atoms with Crippen molar-refractivity contribution in [2.45, 2.75) is 38.6 Å². The van der Waals surface area contributed by atoms with Crippen molar-refractivity contribution >= 4 is 5.84 Å². The molecule has 0 heterocycles. The normalized spacial score (nSPS) is 24.4. The maximum atomic E-state index is 8.26. The Balaban J connectivity index is 2.04. The van der Waals surface area contributed by atoms with E-state index in [4.69, 9.17) is 5.41 Å². The van der Waals surface area contributed by atoms with Gasteiger partial charge in [0.25, 0.3) is 0 Å². The monoisotopic (exact) mass is 230 g/mol. The summed E-state index contributed by atoms with van der Waals surface area (Å²) in [6, 6.07) is 10.6. The highest BCUT2D eigenvalue weighted by atomic mass is 15.2. The van der Waals surface area contributed by atoms with Gasteiger partial charge in [0.1, 0.15) is 5.84 Å². The zero-order valence-corrected chi connectivity index (χ0v) is 10.8. The Morgan fingerprint density at radius 3 is 2.59 bits per heavy atom. The zero-order valence-electron chi connectivity index (χ0n) is 10.8. The lowest BCUT2D eigenvalue weighted by Gasteiger charge is -2.35. The van der Waals surface area contributed by atoms with Crippen molar-refractivity contribution in [3.63, 3.8) is 0 Å². The summed E-state index contributed by atoms with van der Waals surface area (Å²) in [7, 11) is 2.07. The molecule has 0 spiro atoms. The first-order valence-corrected chi connectivity index (χ1v) is 6.55. The first kappa shape index (κ1) is 12.2. The minimum Gasteiger partial charge on any atom is -0.357 e. The molecule has 0 radical (unpaired) electrons. The summed E-state index contributed by atoms with van der Waals surface area (Å²) in [5, 5.41) is 8.26. The molecule has 1 aliphatic carbocycles. The summed E-state index contributed by atoms with van der Waals surface area (Å²) in [4.78, 5) is 2.16. The number of hydrogen-bond donors (Lipinski definition) is 1. The first-order valence-electron chi connectivity index (χ1n) is 6.55. The predicted molar refractivity (Wildman–Crippen MR) is 72.5 cm³/mol. The van der Waals surface area contributed by atoms with Gasteiger partial charge in [-0.1, -0.05) is 50.1 Å². The molecule has 0 amide bonds. The maximum absolute atomic E-state index is 8.26. The molecule has 2 unspecified atom stereocenters. The molecule has 17 heavy (non-hydrogen) atoms. The highest BCUT2D eigenvalue weighted by Crippen LogP contribution is 2.27. The van der Waals surface area contributed by atoms with E-state index in [1.165, 1.54) is 25.7 Å². The molecule has 0 saturated heterocycles. The Kier molecular flexibility index (Phi) is 3.82. The van der Waals surface area contributed by atoms with Crippen LogP contribution in [-0.2, 0) is 0 Å². The van der Waals surface area contributed by atoms with Crippen molar-refractivity contribution in [1.29, 1.82) is 5.41 Å². The lowest BCUT2D eigenvalue weighted by Crippen LogP contribution is -2.39. The molecule has 2 nitrogen and oxygen atoms in total. The molecule has 1 aliphatic rings. The molecule has 0 aromatic heterocycles. The summed E-state index contributed by atoms with van der Waals surface area (Å²) in [6.07, 6.45) is 5.11. The third-order valence-corrected chi connectivity index (χ3v) is 3.86. The first-order chi connectivity index (χ1) is 8.18. The summed E-state index contributed by atoms with van der Waals surface area (Å²) in [5.41, 5.74) is 1.02. The van der Waals surface area contributed by atoms with Gasteiger partial charge in [-0.2, -0.15) is 0 Å². The molecule has 2 atom stereocenters. The van der Waals surface area contributed by atoms with Gasteiger partial charge in [0, 0.05) is 18.7 Å². The Hall–Kier alpha value is -1.31. The van der Waals surface area contributed by atoms with Crippen LogP contribution in [0.5, 0.6) is 0 Å². The molecule has 2 rings (SSSR count). The van der Waals surface area contributed by atoms with Crippen molar-refractivity contribution in [2.75, 3.05) is 7.05 Å². The molecular weight excluding hydrogens is 208 g/mol. The van der Waals surface area contributed by atoms with E-state index >= 15 is 0 Å². The number of nitrogens with zero attached hydrogens (tertiary/aromatic N) is 1. The Bertz CT molecular complexity index is 372. The molecule has 1 N–H and O–H groups in total. The smallest absolute Gasteiger partial charge is 0.128 e. The largest absolute Gasteiger partial charge is 0.357 e. The van der Waals surface area contributed by atoms with Crippen molar-refractivity contribution in [3.05, 3.63) is 35.9 Å². The number of rotatable bonds is 2. The van der Waals surface area contributed by atoms with Gasteiger partial charge in [0.05, 0.1) is 0 Å². The fraction of sp³-hybridized carbons (Fsp3) is 0.533. The second-order valence-electron chi connectivity index (χ2n) is 5.25. The fourth-order valence-corrected chi connectivity index (χ4v) is 2.74. The van der Waals surface area contributed by atoms with Crippen LogP contribution < -0.4 is 0 Å². The number of hydrogen-bond acceptors (Lipinski definition) is 1. The van der Waals surface area contributed by atoms with Gasteiger partial charge in [0.2, 0.25) is 0 Å². The SMILES string of the molecule is CC1CCCC(N(C)C(=N)c2ccccc2)C1. The Morgan fingerprint density at radius 2 is 1.94 bits per heavy atom. The number of nitrogens with one attached hydrogen (secondary N) is 1. The highest BCUT2D eigenvalue weighted by molar-refractivity contribution is 5.96. The van der Waals surface area contributed by atoms with E-state index in [-0.39, 0.29) is 0 Å². The van der Waals surface area contributed by atoms with Crippen LogP contribution in [0.25, 0.3) is 0 Å². The Labute approximate surface area is 104 Å². The summed E-state index contributed by atoms with van der Waals surface area (Å²) < 4.78 is 0. The van der Waals surface area contributed by atoms with Crippen LogP contribution in [0.1, 0.15) is 38.2 Å². The second kappa shape index (κ2) is 5.35. The van der Waals surface area contributed by atoms with Crippen molar-refractivity contribution < 1.29 is 0 Å². The van der Waals surface area contributed by atoms with Crippen molar-refractivity contribution in [3.8, 4) is 0 Å². The Morgan fingerprint density at radius 1 is 1.24 bits per heavy atom. The third-order valence-electron chi connectivity index (χ3n) is 3.86. The van der Waals surface area contributed by atoms with Crippen LogP contribution in [0.15, 0.2) is 30.3 Å². The van der Waals surface area contributed by atoms with Gasteiger partial charge in [-0.25, -0.2) is 0 Å².